The Bertz CT molecular complexity index is 1920. The van der Waals surface area contributed by atoms with Crippen LogP contribution in [0.3, 0.4) is 0 Å². The van der Waals surface area contributed by atoms with Crippen molar-refractivity contribution in [1.29, 1.82) is 0 Å². The molecule has 2 aromatic carbocycles. The first-order valence-electron chi connectivity index (χ1n) is 16.1. The summed E-state index contributed by atoms with van der Waals surface area (Å²) in [5.41, 5.74) is 5.22. The number of nitrogens with one attached hydrogen (secondary N) is 1. The SMILES string of the molecule is COc1ccc2c(c1)CC(C(=O)N1CCN(S(C)(=O)=O)CC1)Cn1c-2c(C2CCCCC2)c2ccc(C(=O)NS(=O)(=O)N(C)C)cc21. The van der Waals surface area contributed by atoms with Crippen LogP contribution in [0, 0.1) is 5.92 Å². The molecular formula is C33H43N5O7S2. The van der Waals surface area contributed by atoms with E-state index in [0.717, 1.165) is 57.7 Å². The van der Waals surface area contributed by atoms with E-state index in [2.05, 4.69) is 15.4 Å². The zero-order chi connectivity index (χ0) is 33.7. The van der Waals surface area contributed by atoms with E-state index in [4.69, 9.17) is 4.74 Å². The fourth-order valence-electron chi connectivity index (χ4n) is 7.38. The highest BCUT2D eigenvalue weighted by atomic mass is 32.2. The first-order chi connectivity index (χ1) is 22.3. The minimum atomic E-state index is -4.00. The molecular weight excluding hydrogens is 643 g/mol. The van der Waals surface area contributed by atoms with Crippen LogP contribution < -0.4 is 9.46 Å². The molecule has 1 N–H and O–H groups in total. The number of sulfonamides is 1. The molecule has 1 aliphatic carbocycles. The Morgan fingerprint density at radius 1 is 0.936 bits per heavy atom. The van der Waals surface area contributed by atoms with Gasteiger partial charge >= 0.3 is 10.2 Å². The molecule has 1 saturated carbocycles. The van der Waals surface area contributed by atoms with Crippen molar-refractivity contribution in [3.8, 4) is 17.0 Å². The van der Waals surface area contributed by atoms with Crippen molar-refractivity contribution in [2.75, 3.05) is 53.6 Å². The van der Waals surface area contributed by atoms with E-state index >= 15 is 0 Å². The van der Waals surface area contributed by atoms with Crippen molar-refractivity contribution < 1.29 is 31.2 Å². The van der Waals surface area contributed by atoms with Crippen molar-refractivity contribution in [1.82, 2.24) is 22.8 Å². The van der Waals surface area contributed by atoms with E-state index in [9.17, 15) is 26.4 Å². The number of ether oxygens (including phenoxy) is 1. The van der Waals surface area contributed by atoms with Crippen LogP contribution in [0.1, 0.15) is 59.5 Å². The van der Waals surface area contributed by atoms with Crippen LogP contribution in [-0.4, -0.2) is 100 Å². The molecule has 1 aromatic heterocycles. The van der Waals surface area contributed by atoms with Gasteiger partial charge in [-0.2, -0.15) is 17.0 Å². The average molecular weight is 686 g/mol. The predicted molar refractivity (Wildman–Crippen MR) is 180 cm³/mol. The monoisotopic (exact) mass is 685 g/mol. The third-order valence-electron chi connectivity index (χ3n) is 9.89. The van der Waals surface area contributed by atoms with Crippen LogP contribution in [0.5, 0.6) is 5.75 Å². The van der Waals surface area contributed by atoms with Crippen molar-refractivity contribution >= 4 is 42.9 Å². The Kier molecular flexibility index (Phi) is 9.15. The van der Waals surface area contributed by atoms with Crippen LogP contribution in [0.4, 0.5) is 0 Å². The highest BCUT2D eigenvalue weighted by Gasteiger charge is 2.36. The molecule has 3 heterocycles. The smallest absolute Gasteiger partial charge is 0.303 e. The zero-order valence-electron chi connectivity index (χ0n) is 27.4. The third-order valence-corrected chi connectivity index (χ3v) is 12.6. The average Bonchev–Trinajstić information content (AvgIpc) is 3.26. The number of methoxy groups -OCH3 is 1. The topological polar surface area (TPSA) is 138 Å². The standard InChI is InChI=1S/C33H43N5O7S2/c1-35(2)47(43,44)34-32(39)23-10-12-28-29(20-23)38-21-25(33(40)36-14-16-37(17-15-36)46(4,41)42)18-24-19-26(45-3)11-13-27(24)31(38)30(28)22-8-6-5-7-9-22/h10-13,19-20,22,25H,5-9,14-18,21H2,1-4H3,(H,34,39). The highest BCUT2D eigenvalue weighted by molar-refractivity contribution is 7.88. The second-order valence-electron chi connectivity index (χ2n) is 13.1. The minimum absolute atomic E-state index is 0.0492. The molecule has 2 fully saturated rings. The molecule has 1 saturated heterocycles. The number of nitrogens with zero attached hydrogens (tertiary/aromatic N) is 4. The number of hydrogen-bond acceptors (Lipinski definition) is 7. The number of benzene rings is 2. The number of fused-ring (bicyclic) bond motifs is 5. The number of piperazine rings is 1. The summed E-state index contributed by atoms with van der Waals surface area (Å²) in [7, 11) is -3.02. The van der Waals surface area contributed by atoms with Crippen LogP contribution >= 0.6 is 0 Å². The summed E-state index contributed by atoms with van der Waals surface area (Å²) >= 11 is 0. The molecule has 2 aliphatic heterocycles. The van der Waals surface area contributed by atoms with Gasteiger partial charge in [0.25, 0.3) is 5.91 Å². The van der Waals surface area contributed by atoms with Crippen LogP contribution in [0.25, 0.3) is 22.2 Å². The molecule has 3 aliphatic rings. The molecule has 254 valence electrons. The molecule has 0 spiro atoms. The quantitative estimate of drug-likeness (QED) is 0.403. The molecule has 47 heavy (non-hydrogen) atoms. The largest absolute Gasteiger partial charge is 0.497 e. The number of hydrogen-bond donors (Lipinski definition) is 1. The lowest BCUT2D eigenvalue weighted by atomic mass is 9.81. The minimum Gasteiger partial charge on any atom is -0.497 e. The first kappa shape index (κ1) is 33.4. The lowest BCUT2D eigenvalue weighted by molar-refractivity contribution is -0.137. The number of aromatic nitrogens is 1. The van der Waals surface area contributed by atoms with Gasteiger partial charge in [-0.3, -0.25) is 9.59 Å². The molecule has 1 atom stereocenters. The van der Waals surface area contributed by atoms with Crippen molar-refractivity contribution in [3.05, 3.63) is 53.1 Å². The third kappa shape index (κ3) is 6.52. The summed E-state index contributed by atoms with van der Waals surface area (Å²) in [4.78, 5) is 29.3. The number of rotatable bonds is 7. The molecule has 2 amide bonds. The van der Waals surface area contributed by atoms with Gasteiger partial charge in [0.1, 0.15) is 5.75 Å². The number of carbonyl (C=O) groups excluding carboxylic acids is 2. The summed E-state index contributed by atoms with van der Waals surface area (Å²) in [6.45, 7) is 1.47. The summed E-state index contributed by atoms with van der Waals surface area (Å²) in [5, 5.41) is 0.996. The van der Waals surface area contributed by atoms with E-state index in [1.807, 2.05) is 18.2 Å². The van der Waals surface area contributed by atoms with Crippen LogP contribution in [0.15, 0.2) is 36.4 Å². The molecule has 0 bridgehead atoms. The van der Waals surface area contributed by atoms with E-state index < -0.39 is 32.1 Å². The lowest BCUT2D eigenvalue weighted by Crippen LogP contribution is -2.52. The van der Waals surface area contributed by atoms with Gasteiger partial charge in [0.05, 0.1) is 25.0 Å². The summed E-state index contributed by atoms with van der Waals surface area (Å²) in [6.07, 6.45) is 7.15. The van der Waals surface area contributed by atoms with Gasteiger partial charge in [-0.15, -0.1) is 0 Å². The summed E-state index contributed by atoms with van der Waals surface area (Å²) < 4.78 is 61.5. The molecule has 1 unspecified atom stereocenters. The fourth-order valence-corrected chi connectivity index (χ4v) is 8.74. The second kappa shape index (κ2) is 12.9. The molecule has 12 nitrogen and oxygen atoms in total. The van der Waals surface area contributed by atoms with E-state index in [1.54, 1.807) is 24.1 Å². The Morgan fingerprint density at radius 2 is 1.64 bits per heavy atom. The van der Waals surface area contributed by atoms with Gasteiger partial charge in [0.2, 0.25) is 15.9 Å². The Hall–Kier alpha value is -3.46. The Balaban J connectivity index is 1.49. The maximum atomic E-state index is 14.3. The van der Waals surface area contributed by atoms with Gasteiger partial charge in [-0.05, 0) is 66.6 Å². The first-order valence-corrected chi connectivity index (χ1v) is 19.4. The van der Waals surface area contributed by atoms with Gasteiger partial charge in [-0.25, -0.2) is 13.1 Å². The number of amides is 2. The van der Waals surface area contributed by atoms with Crippen molar-refractivity contribution in [2.45, 2.75) is 51.0 Å². The summed E-state index contributed by atoms with van der Waals surface area (Å²) in [5.74, 6) is -0.255. The van der Waals surface area contributed by atoms with Gasteiger partial charge in [0, 0.05) is 68.8 Å². The van der Waals surface area contributed by atoms with Gasteiger partial charge < -0.3 is 14.2 Å². The Labute approximate surface area is 276 Å². The predicted octanol–water partition coefficient (Wildman–Crippen LogP) is 3.18. The van der Waals surface area contributed by atoms with Gasteiger partial charge in [0.15, 0.2) is 0 Å². The van der Waals surface area contributed by atoms with E-state index in [-0.39, 0.29) is 24.6 Å². The zero-order valence-corrected chi connectivity index (χ0v) is 29.0. The second-order valence-corrected chi connectivity index (χ2v) is 16.9. The van der Waals surface area contributed by atoms with Crippen LogP contribution in [-0.2, 0) is 38.0 Å². The summed E-state index contributed by atoms with van der Waals surface area (Å²) in [6, 6.07) is 11.3. The normalized spacial score (nSPS) is 19.7. The van der Waals surface area contributed by atoms with E-state index in [0.29, 0.717) is 37.7 Å². The molecule has 14 heteroatoms. The maximum absolute atomic E-state index is 14.3. The van der Waals surface area contributed by atoms with Crippen molar-refractivity contribution in [2.24, 2.45) is 5.92 Å². The fraction of sp³-hybridized carbons (Fsp3) is 0.515. The lowest BCUT2D eigenvalue weighted by Gasteiger charge is -2.35. The number of carbonyl (C=O) groups is 2. The highest BCUT2D eigenvalue weighted by Crippen LogP contribution is 2.47. The Morgan fingerprint density at radius 3 is 2.28 bits per heavy atom. The molecule has 3 aromatic rings. The van der Waals surface area contributed by atoms with Crippen LogP contribution in [0.2, 0.25) is 0 Å². The molecule has 6 rings (SSSR count). The van der Waals surface area contributed by atoms with Crippen molar-refractivity contribution in [3.63, 3.8) is 0 Å². The van der Waals surface area contributed by atoms with E-state index in [1.165, 1.54) is 36.6 Å². The van der Waals surface area contributed by atoms with Gasteiger partial charge in [-0.1, -0.05) is 25.3 Å². The maximum Gasteiger partial charge on any atom is 0.303 e. The molecule has 0 radical (unpaired) electrons.